The van der Waals surface area contributed by atoms with Crippen LogP contribution in [0.15, 0.2) is 48.9 Å². The molecule has 0 unspecified atom stereocenters. The zero-order valence-electron chi connectivity index (χ0n) is 18.3. The third-order valence-corrected chi connectivity index (χ3v) is 4.64. The van der Waals surface area contributed by atoms with Gasteiger partial charge in [0.15, 0.2) is 29.5 Å². The largest absolute Gasteiger partial charge is 0.493 e. The van der Waals surface area contributed by atoms with E-state index < -0.39 is 18.7 Å². The fourth-order valence-corrected chi connectivity index (χ4v) is 3.06. The Labute approximate surface area is 196 Å². The van der Waals surface area contributed by atoms with E-state index >= 15 is 0 Å². The van der Waals surface area contributed by atoms with Crippen LogP contribution in [0.5, 0.6) is 28.7 Å². The van der Waals surface area contributed by atoms with Gasteiger partial charge in [-0.15, -0.1) is 0 Å². The summed E-state index contributed by atoms with van der Waals surface area (Å²) in [6.45, 7) is -1.56. The molecule has 3 aromatic heterocycles. The molecule has 0 radical (unpaired) electrons. The molecule has 0 spiro atoms. The minimum absolute atomic E-state index is 0.129. The van der Waals surface area contributed by atoms with Gasteiger partial charge in [-0.1, -0.05) is 0 Å². The molecule has 4 aromatic rings. The highest BCUT2D eigenvalue weighted by molar-refractivity contribution is 6.04. The maximum Gasteiger partial charge on any atom is 0.422 e. The van der Waals surface area contributed by atoms with Crippen molar-refractivity contribution >= 4 is 22.6 Å². The third-order valence-electron chi connectivity index (χ3n) is 4.64. The Bertz CT molecular complexity index is 1340. The predicted octanol–water partition coefficient (Wildman–Crippen LogP) is 4.36. The van der Waals surface area contributed by atoms with E-state index in [0.717, 1.165) is 6.20 Å². The molecule has 0 atom stereocenters. The molecule has 2 N–H and O–H groups in total. The van der Waals surface area contributed by atoms with E-state index in [1.54, 1.807) is 30.5 Å². The van der Waals surface area contributed by atoms with Gasteiger partial charge >= 0.3 is 6.18 Å². The average molecular weight is 489 g/mol. The van der Waals surface area contributed by atoms with Crippen LogP contribution in [-0.2, 0) is 0 Å². The van der Waals surface area contributed by atoms with Crippen molar-refractivity contribution in [3.05, 3.63) is 54.6 Å². The zero-order chi connectivity index (χ0) is 25.0. The van der Waals surface area contributed by atoms with E-state index in [9.17, 15) is 18.0 Å². The van der Waals surface area contributed by atoms with Crippen LogP contribution in [0.2, 0.25) is 0 Å². The van der Waals surface area contributed by atoms with Crippen molar-refractivity contribution in [2.45, 2.75) is 6.18 Å². The second kappa shape index (κ2) is 9.75. The van der Waals surface area contributed by atoms with Crippen molar-refractivity contribution in [3.63, 3.8) is 0 Å². The Kier molecular flexibility index (Phi) is 6.57. The monoisotopic (exact) mass is 489 g/mol. The van der Waals surface area contributed by atoms with E-state index in [2.05, 4.69) is 30.2 Å². The number of carbonyl (C=O) groups is 1. The first-order valence-corrected chi connectivity index (χ1v) is 9.96. The minimum atomic E-state index is -4.56. The molecule has 0 bridgehead atoms. The number of aromatic nitrogens is 4. The maximum absolute atomic E-state index is 12.4. The number of hydrogen-bond donors (Lipinski definition) is 2. The molecule has 0 aliphatic heterocycles. The van der Waals surface area contributed by atoms with Crippen molar-refractivity contribution in [1.82, 2.24) is 20.2 Å². The van der Waals surface area contributed by atoms with Crippen LogP contribution in [0, 0.1) is 0 Å². The number of nitrogens with one attached hydrogen (secondary N) is 2. The first-order chi connectivity index (χ1) is 16.8. The summed E-state index contributed by atoms with van der Waals surface area (Å²) in [4.78, 5) is 20.8. The van der Waals surface area contributed by atoms with Gasteiger partial charge in [0, 0.05) is 17.6 Å². The summed E-state index contributed by atoms with van der Waals surface area (Å²) in [5.74, 6) is 0.893. The lowest BCUT2D eigenvalue weighted by Crippen LogP contribution is -2.21. The number of pyridine rings is 2. The fourth-order valence-electron chi connectivity index (χ4n) is 3.06. The topological polar surface area (TPSA) is 120 Å². The molecule has 35 heavy (non-hydrogen) atoms. The van der Waals surface area contributed by atoms with Crippen LogP contribution >= 0.6 is 0 Å². The molecule has 0 aliphatic carbocycles. The molecule has 4 rings (SSSR count). The van der Waals surface area contributed by atoms with Crippen LogP contribution < -0.4 is 24.3 Å². The summed E-state index contributed by atoms with van der Waals surface area (Å²) >= 11 is 0. The fraction of sp³-hybridized carbons (Fsp3) is 0.182. The summed E-state index contributed by atoms with van der Waals surface area (Å²) in [6.07, 6.45) is -0.626. The van der Waals surface area contributed by atoms with Gasteiger partial charge in [-0.05, 0) is 24.3 Å². The number of halogens is 3. The number of anilines is 1. The lowest BCUT2D eigenvalue weighted by molar-refractivity contribution is -0.153. The molecule has 182 valence electrons. The number of nitrogens with zero attached hydrogens (tertiary/aromatic N) is 3. The molecule has 0 aliphatic rings. The molecule has 0 fully saturated rings. The zero-order valence-corrected chi connectivity index (χ0v) is 18.3. The number of alkyl halides is 3. The lowest BCUT2D eigenvalue weighted by Gasteiger charge is -2.12. The van der Waals surface area contributed by atoms with E-state index in [0.29, 0.717) is 33.9 Å². The summed E-state index contributed by atoms with van der Waals surface area (Å²) < 4.78 is 58.3. The first kappa shape index (κ1) is 23.6. The summed E-state index contributed by atoms with van der Waals surface area (Å²) in [6, 6.07) is 8.16. The maximum atomic E-state index is 12.4. The van der Waals surface area contributed by atoms with Gasteiger partial charge in [0.1, 0.15) is 17.3 Å². The summed E-state index contributed by atoms with van der Waals surface area (Å²) in [5.41, 5.74) is 0.351. The number of hydrogen-bond acceptors (Lipinski definition) is 8. The van der Waals surface area contributed by atoms with Gasteiger partial charge in [0.25, 0.3) is 5.91 Å². The Morgan fingerprint density at radius 3 is 2.46 bits per heavy atom. The van der Waals surface area contributed by atoms with Gasteiger partial charge in [-0.25, -0.2) is 4.98 Å². The number of benzene rings is 1. The quantitative estimate of drug-likeness (QED) is 0.375. The van der Waals surface area contributed by atoms with Gasteiger partial charge in [-0.2, -0.15) is 18.3 Å². The molecule has 3 heterocycles. The molecule has 13 heteroatoms. The first-order valence-electron chi connectivity index (χ1n) is 9.96. The van der Waals surface area contributed by atoms with Crippen LogP contribution in [-0.4, -0.2) is 53.1 Å². The van der Waals surface area contributed by atoms with Crippen molar-refractivity contribution in [3.8, 4) is 28.7 Å². The molecule has 10 nitrogen and oxygen atoms in total. The third kappa shape index (κ3) is 5.51. The Balaban J connectivity index is 1.47. The molecule has 1 amide bonds. The molecule has 1 aromatic carbocycles. The number of amides is 1. The number of aromatic amines is 1. The van der Waals surface area contributed by atoms with Crippen LogP contribution in [0.4, 0.5) is 19.0 Å². The van der Waals surface area contributed by atoms with Crippen molar-refractivity contribution in [2.24, 2.45) is 0 Å². The molecular formula is C22H18F3N5O5. The molecule has 0 saturated heterocycles. The van der Waals surface area contributed by atoms with E-state index in [1.165, 1.54) is 26.5 Å². The molecule has 0 saturated carbocycles. The van der Waals surface area contributed by atoms with Gasteiger partial charge < -0.3 is 24.3 Å². The number of fused-ring (bicyclic) bond motifs is 1. The normalized spacial score (nSPS) is 11.2. The number of carbonyl (C=O) groups excluding carboxylic acids is 1. The highest BCUT2D eigenvalue weighted by Gasteiger charge is 2.29. The Morgan fingerprint density at radius 2 is 1.77 bits per heavy atom. The van der Waals surface area contributed by atoms with E-state index in [4.69, 9.17) is 14.2 Å². The van der Waals surface area contributed by atoms with E-state index in [-0.39, 0.29) is 17.3 Å². The molecular weight excluding hydrogens is 471 g/mol. The second-order valence-electron chi connectivity index (χ2n) is 6.98. The predicted molar refractivity (Wildman–Crippen MR) is 117 cm³/mol. The highest BCUT2D eigenvalue weighted by Crippen LogP contribution is 2.36. The van der Waals surface area contributed by atoms with Gasteiger partial charge in [-0.3, -0.25) is 14.9 Å². The van der Waals surface area contributed by atoms with E-state index in [1.807, 2.05) is 0 Å². The van der Waals surface area contributed by atoms with Crippen LogP contribution in [0.1, 0.15) is 10.5 Å². The number of methoxy groups -OCH3 is 2. The van der Waals surface area contributed by atoms with Gasteiger partial charge in [0.05, 0.1) is 32.1 Å². The highest BCUT2D eigenvalue weighted by atomic mass is 19.4. The SMILES string of the molecule is COc1cc2nccc(Oc3ccc(NC(=O)c4[nH]ncc4OCC(F)(F)F)nc3)c2cc1OC. The Morgan fingerprint density at radius 1 is 1.00 bits per heavy atom. The summed E-state index contributed by atoms with van der Waals surface area (Å²) in [7, 11) is 3.05. The van der Waals surface area contributed by atoms with Crippen molar-refractivity contribution in [2.75, 3.05) is 26.1 Å². The standard InChI is InChI=1S/C22H18F3N5O5/c1-32-16-7-13-14(8-17(16)33-2)26-6-5-15(13)35-12-3-4-19(27-9-12)29-21(31)20-18(10-28-30-20)34-11-22(23,24)25/h3-10H,11H2,1-2H3,(H,28,30)(H,27,29,31). The minimum Gasteiger partial charge on any atom is -0.493 e. The lowest BCUT2D eigenvalue weighted by atomic mass is 10.2. The number of ether oxygens (including phenoxy) is 4. The van der Waals surface area contributed by atoms with Crippen LogP contribution in [0.3, 0.4) is 0 Å². The number of rotatable bonds is 8. The van der Waals surface area contributed by atoms with Gasteiger partial charge in [0.2, 0.25) is 0 Å². The van der Waals surface area contributed by atoms with Crippen LogP contribution in [0.25, 0.3) is 10.9 Å². The number of H-pyrrole nitrogens is 1. The average Bonchev–Trinajstić information content (AvgIpc) is 3.32. The Hall–Kier alpha value is -4.55. The van der Waals surface area contributed by atoms with Crippen molar-refractivity contribution in [1.29, 1.82) is 0 Å². The smallest absolute Gasteiger partial charge is 0.422 e. The summed E-state index contributed by atoms with van der Waals surface area (Å²) in [5, 5.41) is 8.99. The van der Waals surface area contributed by atoms with Crippen molar-refractivity contribution < 1.29 is 36.9 Å². The second-order valence-corrected chi connectivity index (χ2v) is 6.98.